The molecule has 1 unspecified atom stereocenters. The zero-order valence-electron chi connectivity index (χ0n) is 12.2. The van der Waals surface area contributed by atoms with Crippen LogP contribution in [0.15, 0.2) is 5.38 Å². The van der Waals surface area contributed by atoms with Crippen LogP contribution in [0.3, 0.4) is 0 Å². The number of aromatic nitrogens is 1. The molecular formula is C12H22N4O2S2. The first-order valence-corrected chi connectivity index (χ1v) is 9.53. The van der Waals surface area contributed by atoms with Crippen LogP contribution in [-0.2, 0) is 10.0 Å². The van der Waals surface area contributed by atoms with Gasteiger partial charge in [0.2, 0.25) is 10.0 Å². The first-order valence-electron chi connectivity index (χ1n) is 6.80. The van der Waals surface area contributed by atoms with Crippen LogP contribution in [0.25, 0.3) is 0 Å². The summed E-state index contributed by atoms with van der Waals surface area (Å²) in [6.07, 6.45) is 1.27. The van der Waals surface area contributed by atoms with Gasteiger partial charge in [-0.25, -0.2) is 13.4 Å². The maximum Gasteiger partial charge on any atom is 0.211 e. The molecular weight excluding hydrogens is 296 g/mol. The van der Waals surface area contributed by atoms with Crippen molar-refractivity contribution in [3.8, 4) is 0 Å². The molecule has 1 aromatic rings. The van der Waals surface area contributed by atoms with Crippen LogP contribution < -0.4 is 10.2 Å². The Morgan fingerprint density at radius 3 is 2.60 bits per heavy atom. The molecule has 0 radical (unpaired) electrons. The lowest BCUT2D eigenvalue weighted by Gasteiger charge is -2.33. The number of nitrogens with one attached hydrogen (secondary N) is 1. The van der Waals surface area contributed by atoms with Crippen molar-refractivity contribution in [1.29, 1.82) is 0 Å². The Hall–Kier alpha value is -0.700. The van der Waals surface area contributed by atoms with E-state index in [1.807, 2.05) is 0 Å². The van der Waals surface area contributed by atoms with Gasteiger partial charge in [0, 0.05) is 37.6 Å². The first kappa shape index (κ1) is 15.7. The standard InChI is InChI=1S/C12H22N4O2S2/c1-4-13-10(2)11-9-19-12(14-11)15-5-7-16(8-6-15)20(3,17)18/h9-10,13H,4-8H2,1-3H3. The van der Waals surface area contributed by atoms with Gasteiger partial charge >= 0.3 is 0 Å². The van der Waals surface area contributed by atoms with E-state index < -0.39 is 10.0 Å². The molecule has 0 aromatic carbocycles. The number of sulfonamides is 1. The van der Waals surface area contributed by atoms with Gasteiger partial charge in [0.25, 0.3) is 0 Å². The van der Waals surface area contributed by atoms with Crippen LogP contribution in [0.2, 0.25) is 0 Å². The van der Waals surface area contributed by atoms with Gasteiger partial charge in [-0.15, -0.1) is 11.3 Å². The van der Waals surface area contributed by atoms with Crippen molar-refractivity contribution >= 4 is 26.5 Å². The summed E-state index contributed by atoms with van der Waals surface area (Å²) in [6, 6.07) is 0.252. The number of hydrogen-bond donors (Lipinski definition) is 1. The predicted octanol–water partition coefficient (Wildman–Crippen LogP) is 0.895. The first-order chi connectivity index (χ1) is 9.41. The maximum absolute atomic E-state index is 11.5. The minimum atomic E-state index is -3.07. The van der Waals surface area contributed by atoms with Crippen molar-refractivity contribution in [2.45, 2.75) is 19.9 Å². The molecule has 1 aromatic heterocycles. The predicted molar refractivity (Wildman–Crippen MR) is 82.8 cm³/mol. The number of piperazine rings is 1. The number of anilines is 1. The van der Waals surface area contributed by atoms with Gasteiger partial charge in [-0.2, -0.15) is 4.31 Å². The molecule has 0 spiro atoms. The van der Waals surface area contributed by atoms with E-state index in [0.29, 0.717) is 26.2 Å². The van der Waals surface area contributed by atoms with E-state index in [1.165, 1.54) is 10.6 Å². The summed E-state index contributed by atoms with van der Waals surface area (Å²) in [7, 11) is -3.07. The lowest BCUT2D eigenvalue weighted by molar-refractivity contribution is 0.387. The molecule has 1 fully saturated rings. The fourth-order valence-corrected chi connectivity index (χ4v) is 4.04. The highest BCUT2D eigenvalue weighted by molar-refractivity contribution is 7.88. The van der Waals surface area contributed by atoms with Crippen LogP contribution in [0.5, 0.6) is 0 Å². The molecule has 2 rings (SSSR count). The number of thiazole rings is 1. The molecule has 1 N–H and O–H groups in total. The van der Waals surface area contributed by atoms with E-state index in [2.05, 4.69) is 34.4 Å². The minimum Gasteiger partial charge on any atom is -0.345 e. The van der Waals surface area contributed by atoms with Gasteiger partial charge in [0.05, 0.1) is 11.9 Å². The maximum atomic E-state index is 11.5. The van der Waals surface area contributed by atoms with E-state index in [9.17, 15) is 8.42 Å². The molecule has 114 valence electrons. The third-order valence-electron chi connectivity index (χ3n) is 3.44. The van der Waals surface area contributed by atoms with Crippen molar-refractivity contribution in [1.82, 2.24) is 14.6 Å². The largest absolute Gasteiger partial charge is 0.345 e. The molecule has 0 bridgehead atoms. The molecule has 1 saturated heterocycles. The van der Waals surface area contributed by atoms with Crippen LogP contribution >= 0.6 is 11.3 Å². The number of nitrogens with zero attached hydrogens (tertiary/aromatic N) is 3. The summed E-state index contributed by atoms with van der Waals surface area (Å²) in [4.78, 5) is 6.81. The zero-order valence-corrected chi connectivity index (χ0v) is 13.8. The summed E-state index contributed by atoms with van der Waals surface area (Å²) in [6.45, 7) is 7.58. The topological polar surface area (TPSA) is 65.5 Å². The molecule has 1 aliphatic rings. The quantitative estimate of drug-likeness (QED) is 0.873. The van der Waals surface area contributed by atoms with Crippen LogP contribution in [0, 0.1) is 0 Å². The lowest BCUT2D eigenvalue weighted by Crippen LogP contribution is -2.48. The highest BCUT2D eigenvalue weighted by Crippen LogP contribution is 2.25. The number of rotatable bonds is 5. The second-order valence-corrected chi connectivity index (χ2v) is 7.80. The Kier molecular flexibility index (Phi) is 5.00. The van der Waals surface area contributed by atoms with Crippen LogP contribution in [-0.4, -0.2) is 56.7 Å². The lowest BCUT2D eigenvalue weighted by atomic mass is 10.2. The molecule has 20 heavy (non-hydrogen) atoms. The minimum absolute atomic E-state index is 0.252. The van der Waals surface area contributed by atoms with Gasteiger partial charge in [0.1, 0.15) is 0 Å². The van der Waals surface area contributed by atoms with E-state index in [0.717, 1.165) is 17.4 Å². The average molecular weight is 318 g/mol. The molecule has 2 heterocycles. The fraction of sp³-hybridized carbons (Fsp3) is 0.750. The molecule has 0 aliphatic carbocycles. The third-order valence-corrected chi connectivity index (χ3v) is 5.66. The smallest absolute Gasteiger partial charge is 0.211 e. The van der Waals surface area contributed by atoms with E-state index in [-0.39, 0.29) is 6.04 Å². The molecule has 1 atom stereocenters. The monoisotopic (exact) mass is 318 g/mol. The Balaban J connectivity index is 1.97. The summed E-state index contributed by atoms with van der Waals surface area (Å²) in [5, 5.41) is 6.40. The summed E-state index contributed by atoms with van der Waals surface area (Å²) in [5.41, 5.74) is 1.05. The zero-order chi connectivity index (χ0) is 14.8. The Labute approximate surface area is 124 Å². The Morgan fingerprint density at radius 1 is 1.40 bits per heavy atom. The van der Waals surface area contributed by atoms with Crippen molar-refractivity contribution in [2.75, 3.05) is 43.9 Å². The van der Waals surface area contributed by atoms with E-state index >= 15 is 0 Å². The van der Waals surface area contributed by atoms with Gasteiger partial charge in [-0.3, -0.25) is 0 Å². The molecule has 0 saturated carbocycles. The highest BCUT2D eigenvalue weighted by atomic mass is 32.2. The van der Waals surface area contributed by atoms with Gasteiger partial charge in [-0.1, -0.05) is 6.92 Å². The van der Waals surface area contributed by atoms with Gasteiger partial charge < -0.3 is 10.2 Å². The summed E-state index contributed by atoms with van der Waals surface area (Å²) in [5.74, 6) is 0. The molecule has 0 amide bonds. The number of hydrogen-bond acceptors (Lipinski definition) is 6. The average Bonchev–Trinajstić information content (AvgIpc) is 2.88. The fourth-order valence-electron chi connectivity index (χ4n) is 2.24. The molecule has 8 heteroatoms. The van der Waals surface area contributed by atoms with E-state index in [4.69, 9.17) is 0 Å². The SMILES string of the molecule is CCNC(C)c1csc(N2CCN(S(C)(=O)=O)CC2)n1. The van der Waals surface area contributed by atoms with E-state index in [1.54, 1.807) is 11.3 Å². The highest BCUT2D eigenvalue weighted by Gasteiger charge is 2.25. The molecule has 1 aliphatic heterocycles. The van der Waals surface area contributed by atoms with Gasteiger partial charge in [0.15, 0.2) is 5.13 Å². The summed E-state index contributed by atoms with van der Waals surface area (Å²) < 4.78 is 24.5. The second-order valence-electron chi connectivity index (χ2n) is 4.98. The van der Waals surface area contributed by atoms with Crippen molar-refractivity contribution in [3.05, 3.63) is 11.1 Å². The van der Waals surface area contributed by atoms with Crippen LogP contribution in [0.4, 0.5) is 5.13 Å². The Bertz CT molecular complexity index is 535. The van der Waals surface area contributed by atoms with Crippen molar-refractivity contribution in [2.24, 2.45) is 0 Å². The molecule has 6 nitrogen and oxygen atoms in total. The Morgan fingerprint density at radius 2 is 2.05 bits per heavy atom. The summed E-state index contributed by atoms with van der Waals surface area (Å²) >= 11 is 1.63. The second kappa shape index (κ2) is 6.38. The van der Waals surface area contributed by atoms with Gasteiger partial charge in [-0.05, 0) is 13.5 Å². The van der Waals surface area contributed by atoms with Crippen molar-refractivity contribution < 1.29 is 8.42 Å². The normalized spacial score (nSPS) is 19.2. The van der Waals surface area contributed by atoms with Crippen LogP contribution in [0.1, 0.15) is 25.6 Å². The third kappa shape index (κ3) is 3.69. The van der Waals surface area contributed by atoms with Crippen molar-refractivity contribution in [3.63, 3.8) is 0 Å².